The molecule has 0 aliphatic carbocycles. The van der Waals surface area contributed by atoms with Crippen LogP contribution in [0.15, 0.2) is 0 Å². The maximum atomic E-state index is 11.5. The summed E-state index contributed by atoms with van der Waals surface area (Å²) in [6, 6.07) is 0. The van der Waals surface area contributed by atoms with Crippen molar-refractivity contribution in [2.24, 2.45) is 5.92 Å². The third-order valence-corrected chi connectivity index (χ3v) is 2.57. The van der Waals surface area contributed by atoms with E-state index in [9.17, 15) is 9.59 Å². The molecule has 1 aliphatic heterocycles. The Kier molecular flexibility index (Phi) is 4.08. The second kappa shape index (κ2) is 5.11. The predicted octanol–water partition coefficient (Wildman–Crippen LogP) is -0.648. The zero-order valence-electron chi connectivity index (χ0n) is 9.19. The highest BCUT2D eigenvalue weighted by Gasteiger charge is 2.31. The molecule has 2 atom stereocenters. The Labute approximate surface area is 89.4 Å². The molecule has 0 spiro atoms. The molecule has 0 aromatic carbocycles. The molecule has 1 fully saturated rings. The molecule has 1 rings (SSSR count). The Balaban J connectivity index is 2.26. The van der Waals surface area contributed by atoms with Gasteiger partial charge in [-0.2, -0.15) is 0 Å². The average Bonchev–Trinajstić information content (AvgIpc) is 2.46. The number of nitrogens with zero attached hydrogens (tertiary/aromatic N) is 1. The second-order valence-corrected chi connectivity index (χ2v) is 4.10. The van der Waals surface area contributed by atoms with Crippen molar-refractivity contribution in [1.29, 1.82) is 0 Å². The quantitative estimate of drug-likeness (QED) is 0.653. The number of aliphatic hydroxyl groups excluding tert-OH is 1. The number of amides is 2. The minimum absolute atomic E-state index is 0.0191. The molecule has 2 amide bonds. The monoisotopic (exact) mass is 214 g/mol. The number of likely N-dealkylation sites (tertiary alicyclic amines) is 1. The molecule has 15 heavy (non-hydrogen) atoms. The summed E-state index contributed by atoms with van der Waals surface area (Å²) in [6.45, 7) is 2.64. The predicted molar refractivity (Wildman–Crippen MR) is 55.1 cm³/mol. The Bertz CT molecular complexity index is 253. The molecule has 2 N–H and O–H groups in total. The summed E-state index contributed by atoms with van der Waals surface area (Å²) < 4.78 is 0. The maximum Gasteiger partial charge on any atom is 0.225 e. The largest absolute Gasteiger partial charge is 0.393 e. The normalized spacial score (nSPS) is 23.0. The topological polar surface area (TPSA) is 69.6 Å². The van der Waals surface area contributed by atoms with Crippen LogP contribution in [-0.4, -0.2) is 48.1 Å². The second-order valence-electron chi connectivity index (χ2n) is 4.10. The van der Waals surface area contributed by atoms with Crippen LogP contribution < -0.4 is 5.32 Å². The van der Waals surface area contributed by atoms with Gasteiger partial charge in [0.15, 0.2) is 0 Å². The van der Waals surface area contributed by atoms with Gasteiger partial charge in [0.1, 0.15) is 0 Å². The third kappa shape index (κ3) is 3.51. The van der Waals surface area contributed by atoms with E-state index in [0.717, 1.165) is 0 Å². The number of hydrogen-bond donors (Lipinski definition) is 2. The van der Waals surface area contributed by atoms with Gasteiger partial charge in [-0.25, -0.2) is 0 Å². The molecule has 1 saturated heterocycles. The van der Waals surface area contributed by atoms with Crippen LogP contribution >= 0.6 is 0 Å². The Morgan fingerprint density at radius 3 is 2.87 bits per heavy atom. The molecule has 0 bridgehead atoms. The van der Waals surface area contributed by atoms with Crippen molar-refractivity contribution in [1.82, 2.24) is 10.2 Å². The zero-order valence-corrected chi connectivity index (χ0v) is 9.19. The fourth-order valence-electron chi connectivity index (χ4n) is 1.59. The van der Waals surface area contributed by atoms with Gasteiger partial charge in [0.2, 0.25) is 11.8 Å². The van der Waals surface area contributed by atoms with E-state index in [2.05, 4.69) is 5.32 Å². The summed E-state index contributed by atoms with van der Waals surface area (Å²) in [5.74, 6) is -0.296. The fourth-order valence-corrected chi connectivity index (χ4v) is 1.59. The molecule has 0 radical (unpaired) electrons. The highest BCUT2D eigenvalue weighted by atomic mass is 16.3. The van der Waals surface area contributed by atoms with Gasteiger partial charge in [0.05, 0.1) is 12.0 Å². The lowest BCUT2D eigenvalue weighted by Crippen LogP contribution is -2.33. The van der Waals surface area contributed by atoms with E-state index in [0.29, 0.717) is 25.9 Å². The summed E-state index contributed by atoms with van der Waals surface area (Å²) in [4.78, 5) is 24.3. The Morgan fingerprint density at radius 1 is 1.73 bits per heavy atom. The van der Waals surface area contributed by atoms with E-state index in [1.54, 1.807) is 18.9 Å². The summed E-state index contributed by atoms with van der Waals surface area (Å²) in [5.41, 5.74) is 0. The number of nitrogens with one attached hydrogen (secondary N) is 1. The van der Waals surface area contributed by atoms with Gasteiger partial charge >= 0.3 is 0 Å². The van der Waals surface area contributed by atoms with Crippen molar-refractivity contribution in [2.75, 3.05) is 20.1 Å². The first-order chi connectivity index (χ1) is 7.00. The van der Waals surface area contributed by atoms with Crippen molar-refractivity contribution in [2.45, 2.75) is 25.9 Å². The van der Waals surface area contributed by atoms with Gasteiger partial charge < -0.3 is 15.3 Å². The number of rotatable bonds is 4. The molecule has 5 heteroatoms. The molecule has 1 aliphatic rings. The average molecular weight is 214 g/mol. The van der Waals surface area contributed by atoms with E-state index >= 15 is 0 Å². The minimum atomic E-state index is -0.404. The van der Waals surface area contributed by atoms with Crippen LogP contribution in [0.3, 0.4) is 0 Å². The van der Waals surface area contributed by atoms with Gasteiger partial charge in [-0.3, -0.25) is 9.59 Å². The molecule has 86 valence electrons. The number of hydrogen-bond acceptors (Lipinski definition) is 3. The van der Waals surface area contributed by atoms with Crippen molar-refractivity contribution in [3.05, 3.63) is 0 Å². The van der Waals surface area contributed by atoms with Crippen molar-refractivity contribution in [3.63, 3.8) is 0 Å². The summed E-state index contributed by atoms with van der Waals surface area (Å²) in [5, 5.41) is 11.7. The van der Waals surface area contributed by atoms with E-state index < -0.39 is 6.10 Å². The molecule has 0 saturated carbocycles. The highest BCUT2D eigenvalue weighted by molar-refractivity contribution is 5.89. The number of carbonyl (C=O) groups is 2. The van der Waals surface area contributed by atoms with Gasteiger partial charge in [-0.05, 0) is 13.3 Å². The molecule has 0 aromatic heterocycles. The highest BCUT2D eigenvalue weighted by Crippen LogP contribution is 2.15. The summed E-state index contributed by atoms with van der Waals surface area (Å²) >= 11 is 0. The molecule has 1 heterocycles. The molecular weight excluding hydrogens is 196 g/mol. The van der Waals surface area contributed by atoms with Crippen molar-refractivity contribution < 1.29 is 14.7 Å². The van der Waals surface area contributed by atoms with E-state index in [1.807, 2.05) is 0 Å². The fraction of sp³-hybridized carbons (Fsp3) is 0.800. The van der Waals surface area contributed by atoms with Crippen LogP contribution in [0.4, 0.5) is 0 Å². The van der Waals surface area contributed by atoms with Crippen LogP contribution in [0.25, 0.3) is 0 Å². The Morgan fingerprint density at radius 2 is 2.40 bits per heavy atom. The maximum absolute atomic E-state index is 11.5. The van der Waals surface area contributed by atoms with Crippen LogP contribution in [0.1, 0.15) is 19.8 Å². The summed E-state index contributed by atoms with van der Waals surface area (Å²) in [7, 11) is 1.70. The van der Waals surface area contributed by atoms with Gasteiger partial charge in [-0.15, -0.1) is 0 Å². The standard InChI is InChI=1S/C10H18N2O3/c1-7(13)3-4-11-10(15)8-5-9(14)12(2)6-8/h7-8,13H,3-6H2,1-2H3,(H,11,15). The van der Waals surface area contributed by atoms with Crippen molar-refractivity contribution >= 4 is 11.8 Å². The number of carbonyl (C=O) groups excluding carboxylic acids is 2. The molecule has 0 aromatic rings. The smallest absolute Gasteiger partial charge is 0.225 e. The molecule has 5 nitrogen and oxygen atoms in total. The minimum Gasteiger partial charge on any atom is -0.393 e. The first kappa shape index (κ1) is 12.0. The van der Waals surface area contributed by atoms with E-state index in [-0.39, 0.29) is 17.7 Å². The molecular formula is C10H18N2O3. The zero-order chi connectivity index (χ0) is 11.4. The first-order valence-electron chi connectivity index (χ1n) is 5.20. The Hall–Kier alpha value is -1.10. The van der Waals surface area contributed by atoms with E-state index in [1.165, 1.54) is 0 Å². The lowest BCUT2D eigenvalue weighted by Gasteiger charge is -2.11. The lowest BCUT2D eigenvalue weighted by molar-refractivity contribution is -0.128. The van der Waals surface area contributed by atoms with Crippen LogP contribution in [0.5, 0.6) is 0 Å². The van der Waals surface area contributed by atoms with Crippen LogP contribution in [-0.2, 0) is 9.59 Å². The first-order valence-corrected chi connectivity index (χ1v) is 5.20. The van der Waals surface area contributed by atoms with E-state index in [4.69, 9.17) is 5.11 Å². The molecule has 2 unspecified atom stereocenters. The SMILES string of the molecule is CC(O)CCNC(=O)C1CC(=O)N(C)C1. The van der Waals surface area contributed by atoms with Crippen LogP contribution in [0, 0.1) is 5.92 Å². The van der Waals surface area contributed by atoms with Gasteiger partial charge in [-0.1, -0.05) is 0 Å². The lowest BCUT2D eigenvalue weighted by atomic mass is 10.1. The third-order valence-electron chi connectivity index (χ3n) is 2.57. The van der Waals surface area contributed by atoms with Crippen LogP contribution in [0.2, 0.25) is 0 Å². The number of aliphatic hydroxyl groups is 1. The van der Waals surface area contributed by atoms with Gasteiger partial charge in [0, 0.05) is 26.6 Å². The summed E-state index contributed by atoms with van der Waals surface area (Å²) in [6.07, 6.45) is 0.442. The van der Waals surface area contributed by atoms with Gasteiger partial charge in [0.25, 0.3) is 0 Å². The van der Waals surface area contributed by atoms with Crippen molar-refractivity contribution in [3.8, 4) is 0 Å².